The number of aryl methyl sites for hydroxylation is 2. The van der Waals surface area contributed by atoms with Gasteiger partial charge >= 0.3 is 5.97 Å². The minimum Gasteiger partial charge on any atom is -0.477 e. The predicted molar refractivity (Wildman–Crippen MR) is 75.4 cm³/mol. The van der Waals surface area contributed by atoms with Crippen LogP contribution in [0.5, 0.6) is 0 Å². The Morgan fingerprint density at radius 3 is 2.68 bits per heavy atom. The maximum Gasteiger partial charge on any atom is 0.345 e. The largest absolute Gasteiger partial charge is 0.477 e. The van der Waals surface area contributed by atoms with E-state index in [2.05, 4.69) is 24.9 Å². The van der Waals surface area contributed by atoms with Crippen molar-refractivity contribution in [3.63, 3.8) is 0 Å². The SMILES string of the molecule is Cc1cc2ncn(-c3csc(C(=O)O)c3)c2cc1C. The molecule has 2 aromatic heterocycles. The molecule has 0 aliphatic heterocycles. The summed E-state index contributed by atoms with van der Waals surface area (Å²) in [5, 5.41) is 10.8. The van der Waals surface area contributed by atoms with Crippen LogP contribution in [0, 0.1) is 13.8 Å². The number of fused-ring (bicyclic) bond motifs is 1. The molecule has 1 N–H and O–H groups in total. The van der Waals surface area contributed by atoms with Crippen molar-refractivity contribution in [3.8, 4) is 5.69 Å². The molecule has 0 radical (unpaired) electrons. The number of aromatic carboxylic acids is 1. The van der Waals surface area contributed by atoms with E-state index >= 15 is 0 Å². The number of thiophene rings is 1. The minimum atomic E-state index is -0.896. The Morgan fingerprint density at radius 2 is 2.00 bits per heavy atom. The molecule has 0 bridgehead atoms. The number of imidazole rings is 1. The Balaban J connectivity index is 2.19. The lowest BCUT2D eigenvalue weighted by Gasteiger charge is -2.03. The average Bonchev–Trinajstić information content (AvgIpc) is 2.96. The van der Waals surface area contributed by atoms with Crippen molar-refractivity contribution in [1.82, 2.24) is 9.55 Å². The van der Waals surface area contributed by atoms with Gasteiger partial charge in [-0.05, 0) is 43.2 Å². The Labute approximate surface area is 113 Å². The van der Waals surface area contributed by atoms with Crippen molar-refractivity contribution < 1.29 is 9.90 Å². The molecule has 5 heteroatoms. The number of aromatic nitrogens is 2. The van der Waals surface area contributed by atoms with Gasteiger partial charge in [0.1, 0.15) is 11.2 Å². The van der Waals surface area contributed by atoms with Crippen LogP contribution in [0.4, 0.5) is 0 Å². The van der Waals surface area contributed by atoms with Crippen LogP contribution in [0.15, 0.2) is 29.9 Å². The van der Waals surface area contributed by atoms with Gasteiger partial charge in [0.15, 0.2) is 0 Å². The molecule has 1 aromatic carbocycles. The van der Waals surface area contributed by atoms with Crippen molar-refractivity contribution in [3.05, 3.63) is 45.9 Å². The van der Waals surface area contributed by atoms with E-state index in [4.69, 9.17) is 5.11 Å². The topological polar surface area (TPSA) is 55.1 Å². The number of hydrogen-bond acceptors (Lipinski definition) is 3. The van der Waals surface area contributed by atoms with E-state index in [0.29, 0.717) is 4.88 Å². The third-order valence-electron chi connectivity index (χ3n) is 3.24. The van der Waals surface area contributed by atoms with Crippen LogP contribution in [0.2, 0.25) is 0 Å². The number of benzene rings is 1. The summed E-state index contributed by atoms with van der Waals surface area (Å²) < 4.78 is 1.92. The maximum atomic E-state index is 10.9. The molecule has 0 unspecified atom stereocenters. The molecular weight excluding hydrogens is 260 g/mol. The predicted octanol–water partition coefficient (Wildman–Crippen LogP) is 3.40. The van der Waals surface area contributed by atoms with Gasteiger partial charge in [0.25, 0.3) is 0 Å². The molecule has 4 nitrogen and oxygen atoms in total. The van der Waals surface area contributed by atoms with E-state index in [1.807, 2.05) is 16.0 Å². The van der Waals surface area contributed by atoms with Gasteiger partial charge < -0.3 is 5.11 Å². The normalized spacial score (nSPS) is 11.1. The van der Waals surface area contributed by atoms with Crippen LogP contribution in [-0.2, 0) is 0 Å². The number of hydrogen-bond donors (Lipinski definition) is 1. The molecule has 0 fully saturated rings. The molecule has 2 heterocycles. The zero-order valence-corrected chi connectivity index (χ0v) is 11.4. The molecule has 19 heavy (non-hydrogen) atoms. The number of carboxylic acids is 1. The second-order valence-corrected chi connectivity index (χ2v) is 5.43. The average molecular weight is 272 g/mol. The van der Waals surface area contributed by atoms with Crippen molar-refractivity contribution in [1.29, 1.82) is 0 Å². The zero-order valence-electron chi connectivity index (χ0n) is 10.5. The maximum absolute atomic E-state index is 10.9. The first-order chi connectivity index (χ1) is 9.06. The highest BCUT2D eigenvalue weighted by molar-refractivity contribution is 7.12. The van der Waals surface area contributed by atoms with Crippen molar-refractivity contribution >= 4 is 28.3 Å². The quantitative estimate of drug-likeness (QED) is 0.778. The van der Waals surface area contributed by atoms with Crippen molar-refractivity contribution in [2.24, 2.45) is 0 Å². The van der Waals surface area contributed by atoms with Crippen LogP contribution in [0.25, 0.3) is 16.7 Å². The Morgan fingerprint density at radius 1 is 1.26 bits per heavy atom. The van der Waals surface area contributed by atoms with Gasteiger partial charge in [-0.1, -0.05) is 0 Å². The molecule has 3 aromatic rings. The first kappa shape index (κ1) is 11.9. The van der Waals surface area contributed by atoms with Crippen LogP contribution in [0.3, 0.4) is 0 Å². The summed E-state index contributed by atoms with van der Waals surface area (Å²) in [5.41, 5.74) is 5.16. The van der Waals surface area contributed by atoms with E-state index in [-0.39, 0.29) is 0 Å². The third kappa shape index (κ3) is 1.92. The lowest BCUT2D eigenvalue weighted by molar-refractivity contribution is 0.0702. The molecule has 0 spiro atoms. The minimum absolute atomic E-state index is 0.334. The standard InChI is InChI=1S/C14H12N2O2S/c1-8-3-11-12(4-9(8)2)16(7-15-11)10-5-13(14(17)18)19-6-10/h3-7H,1-2H3,(H,17,18). The van der Waals surface area contributed by atoms with Gasteiger partial charge in [0.2, 0.25) is 0 Å². The van der Waals surface area contributed by atoms with Crippen LogP contribution >= 0.6 is 11.3 Å². The summed E-state index contributed by atoms with van der Waals surface area (Å²) in [6.45, 7) is 4.11. The highest BCUT2D eigenvalue weighted by atomic mass is 32.1. The summed E-state index contributed by atoms with van der Waals surface area (Å²) in [6.07, 6.45) is 1.73. The molecule has 0 aliphatic rings. The van der Waals surface area contributed by atoms with Gasteiger partial charge in [-0.25, -0.2) is 9.78 Å². The van der Waals surface area contributed by atoms with Crippen molar-refractivity contribution in [2.45, 2.75) is 13.8 Å². The first-order valence-corrected chi connectivity index (χ1v) is 6.71. The van der Waals surface area contributed by atoms with E-state index < -0.39 is 5.97 Å². The third-order valence-corrected chi connectivity index (χ3v) is 4.14. The fraction of sp³-hybridized carbons (Fsp3) is 0.143. The van der Waals surface area contributed by atoms with E-state index in [9.17, 15) is 4.79 Å². The first-order valence-electron chi connectivity index (χ1n) is 5.83. The fourth-order valence-corrected chi connectivity index (χ4v) is 2.75. The van der Waals surface area contributed by atoms with E-state index in [1.54, 1.807) is 12.4 Å². The van der Waals surface area contributed by atoms with E-state index in [1.165, 1.54) is 22.5 Å². The smallest absolute Gasteiger partial charge is 0.345 e. The van der Waals surface area contributed by atoms with E-state index in [0.717, 1.165) is 16.7 Å². The molecule has 96 valence electrons. The van der Waals surface area contributed by atoms with Crippen molar-refractivity contribution in [2.75, 3.05) is 0 Å². The lowest BCUT2D eigenvalue weighted by atomic mass is 10.1. The monoisotopic (exact) mass is 272 g/mol. The van der Waals surface area contributed by atoms with Gasteiger partial charge in [0.05, 0.1) is 16.7 Å². The number of nitrogens with zero attached hydrogens (tertiary/aromatic N) is 2. The summed E-state index contributed by atoms with van der Waals surface area (Å²) in [5.74, 6) is -0.896. The second-order valence-electron chi connectivity index (χ2n) is 4.51. The molecule has 3 rings (SSSR count). The van der Waals surface area contributed by atoms with Gasteiger partial charge in [-0.15, -0.1) is 11.3 Å². The lowest BCUT2D eigenvalue weighted by Crippen LogP contribution is -1.93. The van der Waals surface area contributed by atoms with Gasteiger partial charge in [0, 0.05) is 5.38 Å². The molecule has 0 aliphatic carbocycles. The molecular formula is C14H12N2O2S. The summed E-state index contributed by atoms with van der Waals surface area (Å²) in [6, 6.07) is 5.80. The van der Waals surface area contributed by atoms with Gasteiger partial charge in [-0.2, -0.15) is 0 Å². The Hall–Kier alpha value is -2.14. The number of carbonyl (C=O) groups is 1. The Kier molecular flexibility index (Phi) is 2.64. The molecule has 0 saturated heterocycles. The molecule has 0 amide bonds. The number of rotatable bonds is 2. The zero-order chi connectivity index (χ0) is 13.6. The van der Waals surface area contributed by atoms with Crippen LogP contribution < -0.4 is 0 Å². The van der Waals surface area contributed by atoms with Crippen LogP contribution in [-0.4, -0.2) is 20.6 Å². The van der Waals surface area contributed by atoms with Gasteiger partial charge in [-0.3, -0.25) is 4.57 Å². The molecule has 0 atom stereocenters. The molecule has 0 saturated carbocycles. The second kappa shape index (κ2) is 4.20. The highest BCUT2D eigenvalue weighted by Gasteiger charge is 2.11. The Bertz CT molecular complexity index is 786. The summed E-state index contributed by atoms with van der Waals surface area (Å²) in [4.78, 5) is 15.6. The van der Waals surface area contributed by atoms with Crippen LogP contribution in [0.1, 0.15) is 20.8 Å². The fourth-order valence-electron chi connectivity index (χ4n) is 2.03. The number of carboxylic acid groups (broad SMARTS) is 1. The summed E-state index contributed by atoms with van der Waals surface area (Å²) >= 11 is 1.22. The highest BCUT2D eigenvalue weighted by Crippen LogP contribution is 2.25. The summed E-state index contributed by atoms with van der Waals surface area (Å²) in [7, 11) is 0.